The summed E-state index contributed by atoms with van der Waals surface area (Å²) in [6.07, 6.45) is 0.853. The van der Waals surface area contributed by atoms with Crippen LogP contribution in [-0.4, -0.2) is 39.4 Å². The normalized spacial score (nSPS) is 12.6. The van der Waals surface area contributed by atoms with Crippen LogP contribution in [0.25, 0.3) is 0 Å². The number of rotatable bonds is 6. The van der Waals surface area contributed by atoms with E-state index in [1.165, 1.54) is 0 Å². The molecular formula is C13H22N2O2. The number of hydrogen-bond donors (Lipinski definition) is 1. The summed E-state index contributed by atoms with van der Waals surface area (Å²) in [5, 5.41) is 1.95. The Morgan fingerprint density at radius 3 is 2.12 bits per heavy atom. The molecule has 1 aromatic carbocycles. The van der Waals surface area contributed by atoms with E-state index in [4.69, 9.17) is 9.47 Å². The number of methoxy groups -OCH3 is 2. The van der Waals surface area contributed by atoms with E-state index >= 15 is 0 Å². The van der Waals surface area contributed by atoms with Crippen LogP contribution in [0.15, 0.2) is 18.2 Å². The largest absolute Gasteiger partial charge is 0.496 e. The molecule has 1 unspecified atom stereocenters. The standard InChI is InChI=1S/C13H22N2O2/c1-10(14-15(2)3)9-11-12(16-4)7-6-8-13(11)17-5/h6-8,10,14H,9H2,1-5H3. The minimum Gasteiger partial charge on any atom is -0.496 e. The van der Waals surface area contributed by atoms with Crippen LogP contribution >= 0.6 is 0 Å². The summed E-state index contributed by atoms with van der Waals surface area (Å²) in [5.41, 5.74) is 4.41. The SMILES string of the molecule is COc1cccc(OC)c1CC(C)NN(C)C. The Kier molecular flexibility index (Phi) is 5.25. The predicted octanol–water partition coefficient (Wildman–Crippen LogP) is 1.70. The first kappa shape index (κ1) is 13.8. The summed E-state index contributed by atoms with van der Waals surface area (Å²) in [4.78, 5) is 0. The number of hydrogen-bond acceptors (Lipinski definition) is 4. The average molecular weight is 238 g/mol. The van der Waals surface area contributed by atoms with Crippen molar-refractivity contribution in [3.8, 4) is 11.5 Å². The fourth-order valence-corrected chi connectivity index (χ4v) is 1.92. The quantitative estimate of drug-likeness (QED) is 0.765. The first-order chi connectivity index (χ1) is 8.08. The Bertz CT molecular complexity index is 331. The van der Waals surface area contributed by atoms with Crippen molar-refractivity contribution in [1.82, 2.24) is 10.4 Å². The zero-order chi connectivity index (χ0) is 12.8. The lowest BCUT2D eigenvalue weighted by Gasteiger charge is -2.21. The van der Waals surface area contributed by atoms with Gasteiger partial charge < -0.3 is 9.47 Å². The smallest absolute Gasteiger partial charge is 0.125 e. The first-order valence-corrected chi connectivity index (χ1v) is 5.71. The van der Waals surface area contributed by atoms with Crippen molar-refractivity contribution < 1.29 is 9.47 Å². The molecule has 1 N–H and O–H groups in total. The minimum absolute atomic E-state index is 0.315. The van der Waals surface area contributed by atoms with Crippen molar-refractivity contribution in [3.63, 3.8) is 0 Å². The van der Waals surface area contributed by atoms with E-state index in [1.54, 1.807) is 14.2 Å². The Balaban J connectivity index is 2.87. The number of nitrogens with one attached hydrogen (secondary N) is 1. The third-order valence-corrected chi connectivity index (χ3v) is 2.52. The van der Waals surface area contributed by atoms with Gasteiger partial charge in [0.1, 0.15) is 11.5 Å². The maximum Gasteiger partial charge on any atom is 0.125 e. The Morgan fingerprint density at radius 2 is 1.71 bits per heavy atom. The summed E-state index contributed by atoms with van der Waals surface area (Å²) in [7, 11) is 7.33. The molecule has 0 bridgehead atoms. The first-order valence-electron chi connectivity index (χ1n) is 5.71. The van der Waals surface area contributed by atoms with Gasteiger partial charge in [-0.15, -0.1) is 0 Å². The van der Waals surface area contributed by atoms with Crippen LogP contribution in [0.1, 0.15) is 12.5 Å². The Labute approximate surface area is 103 Å². The van der Waals surface area contributed by atoms with Gasteiger partial charge in [0.2, 0.25) is 0 Å². The van der Waals surface area contributed by atoms with E-state index < -0.39 is 0 Å². The van der Waals surface area contributed by atoms with E-state index in [0.717, 1.165) is 23.5 Å². The average Bonchev–Trinajstić information content (AvgIpc) is 2.28. The summed E-state index contributed by atoms with van der Waals surface area (Å²) in [5.74, 6) is 1.74. The van der Waals surface area contributed by atoms with E-state index in [1.807, 2.05) is 37.3 Å². The molecule has 1 atom stereocenters. The molecule has 0 aliphatic carbocycles. The number of benzene rings is 1. The lowest BCUT2D eigenvalue weighted by molar-refractivity contribution is 0.247. The molecule has 0 amide bonds. The maximum absolute atomic E-state index is 5.37. The summed E-state index contributed by atoms with van der Waals surface area (Å²) < 4.78 is 10.7. The van der Waals surface area contributed by atoms with Gasteiger partial charge in [0.25, 0.3) is 0 Å². The topological polar surface area (TPSA) is 33.7 Å². The molecule has 96 valence electrons. The molecule has 1 aromatic rings. The molecule has 0 saturated heterocycles. The Morgan fingerprint density at radius 1 is 1.18 bits per heavy atom. The highest BCUT2D eigenvalue weighted by Crippen LogP contribution is 2.29. The third-order valence-electron chi connectivity index (χ3n) is 2.52. The van der Waals surface area contributed by atoms with Crippen LogP contribution in [0.5, 0.6) is 11.5 Å². The zero-order valence-corrected chi connectivity index (χ0v) is 11.3. The van der Waals surface area contributed by atoms with Crippen LogP contribution in [0, 0.1) is 0 Å². The van der Waals surface area contributed by atoms with Crippen molar-refractivity contribution in [2.45, 2.75) is 19.4 Å². The summed E-state index contributed by atoms with van der Waals surface area (Å²) >= 11 is 0. The molecular weight excluding hydrogens is 216 g/mol. The fraction of sp³-hybridized carbons (Fsp3) is 0.538. The van der Waals surface area contributed by atoms with Gasteiger partial charge in [-0.1, -0.05) is 6.07 Å². The van der Waals surface area contributed by atoms with Crippen LogP contribution in [0.4, 0.5) is 0 Å². The molecule has 0 spiro atoms. The van der Waals surface area contributed by atoms with Crippen LogP contribution in [-0.2, 0) is 6.42 Å². The van der Waals surface area contributed by atoms with Crippen molar-refractivity contribution in [3.05, 3.63) is 23.8 Å². The van der Waals surface area contributed by atoms with Gasteiger partial charge >= 0.3 is 0 Å². The second-order valence-corrected chi connectivity index (χ2v) is 4.27. The van der Waals surface area contributed by atoms with Crippen molar-refractivity contribution in [2.75, 3.05) is 28.3 Å². The fourth-order valence-electron chi connectivity index (χ4n) is 1.92. The van der Waals surface area contributed by atoms with Crippen molar-refractivity contribution in [2.24, 2.45) is 0 Å². The van der Waals surface area contributed by atoms with Gasteiger partial charge in [-0.3, -0.25) is 10.4 Å². The highest BCUT2D eigenvalue weighted by molar-refractivity contribution is 5.45. The summed E-state index contributed by atoms with van der Waals surface area (Å²) in [6, 6.07) is 6.17. The van der Waals surface area contributed by atoms with Gasteiger partial charge in [0.15, 0.2) is 0 Å². The second kappa shape index (κ2) is 6.47. The van der Waals surface area contributed by atoms with Gasteiger partial charge in [-0.25, -0.2) is 0 Å². The molecule has 1 rings (SSSR count). The number of nitrogens with zero attached hydrogens (tertiary/aromatic N) is 1. The molecule has 4 heteroatoms. The lowest BCUT2D eigenvalue weighted by Crippen LogP contribution is -2.39. The highest BCUT2D eigenvalue weighted by atomic mass is 16.5. The third kappa shape index (κ3) is 3.91. The highest BCUT2D eigenvalue weighted by Gasteiger charge is 2.13. The molecule has 0 aromatic heterocycles. The molecule has 0 saturated carbocycles. The van der Waals surface area contributed by atoms with Crippen LogP contribution in [0.3, 0.4) is 0 Å². The predicted molar refractivity (Wildman–Crippen MR) is 69.5 cm³/mol. The van der Waals surface area contributed by atoms with Gasteiger partial charge in [0, 0.05) is 25.7 Å². The molecule has 17 heavy (non-hydrogen) atoms. The van der Waals surface area contributed by atoms with Gasteiger partial charge in [0.05, 0.1) is 14.2 Å². The van der Waals surface area contributed by atoms with Crippen LogP contribution < -0.4 is 14.9 Å². The maximum atomic E-state index is 5.37. The monoisotopic (exact) mass is 238 g/mol. The van der Waals surface area contributed by atoms with Crippen molar-refractivity contribution >= 4 is 0 Å². The lowest BCUT2D eigenvalue weighted by atomic mass is 10.1. The second-order valence-electron chi connectivity index (χ2n) is 4.27. The number of hydrazine groups is 1. The molecule has 0 aliphatic rings. The molecule has 0 radical (unpaired) electrons. The zero-order valence-electron chi connectivity index (χ0n) is 11.3. The summed E-state index contributed by atoms with van der Waals surface area (Å²) in [6.45, 7) is 2.13. The van der Waals surface area contributed by atoms with E-state index in [0.29, 0.717) is 6.04 Å². The minimum atomic E-state index is 0.315. The number of ether oxygens (including phenoxy) is 2. The molecule has 0 aliphatic heterocycles. The van der Waals surface area contributed by atoms with Crippen molar-refractivity contribution in [1.29, 1.82) is 0 Å². The van der Waals surface area contributed by atoms with E-state index in [9.17, 15) is 0 Å². The van der Waals surface area contributed by atoms with Gasteiger partial charge in [-0.05, 0) is 25.5 Å². The molecule has 0 fully saturated rings. The molecule has 0 heterocycles. The van der Waals surface area contributed by atoms with Crippen LogP contribution in [0.2, 0.25) is 0 Å². The van der Waals surface area contributed by atoms with Gasteiger partial charge in [-0.2, -0.15) is 0 Å². The molecule has 4 nitrogen and oxygen atoms in total. The Hall–Kier alpha value is -1.26. The van der Waals surface area contributed by atoms with E-state index in [2.05, 4.69) is 12.3 Å². The van der Waals surface area contributed by atoms with E-state index in [-0.39, 0.29) is 0 Å².